The van der Waals surface area contributed by atoms with E-state index in [1.807, 2.05) is 0 Å². The summed E-state index contributed by atoms with van der Waals surface area (Å²) >= 11 is 0. The third kappa shape index (κ3) is 4.41. The van der Waals surface area contributed by atoms with Gasteiger partial charge in [-0.15, -0.1) is 0 Å². The summed E-state index contributed by atoms with van der Waals surface area (Å²) in [5, 5.41) is 13.7. The van der Waals surface area contributed by atoms with Crippen molar-refractivity contribution < 1.29 is 14.5 Å². The van der Waals surface area contributed by atoms with Gasteiger partial charge in [-0.2, -0.15) is 0 Å². The highest BCUT2D eigenvalue weighted by Gasteiger charge is 2.31. The number of nitrogens with zero attached hydrogens (tertiary/aromatic N) is 2. The van der Waals surface area contributed by atoms with Crippen molar-refractivity contribution in [1.29, 1.82) is 0 Å². The van der Waals surface area contributed by atoms with Gasteiger partial charge in [0.1, 0.15) is 6.04 Å². The maximum atomic E-state index is 12.1. The third-order valence-corrected chi connectivity index (χ3v) is 3.88. The number of hydrogen-bond acceptors (Lipinski definition) is 5. The fourth-order valence-electron chi connectivity index (χ4n) is 2.68. The molecule has 8 nitrogen and oxygen atoms in total. The Labute approximate surface area is 133 Å². The number of carbonyl (C=O) groups is 2. The SMILES string of the molecule is NC(=O)[C@H]1CCCN1C(=O)CCCNc1ccc([N+](=O)[O-])cc1. The summed E-state index contributed by atoms with van der Waals surface area (Å²) in [5.74, 6) is -0.503. The first-order valence-corrected chi connectivity index (χ1v) is 7.56. The summed E-state index contributed by atoms with van der Waals surface area (Å²) < 4.78 is 0. The zero-order valence-corrected chi connectivity index (χ0v) is 12.7. The Morgan fingerprint density at radius 3 is 2.65 bits per heavy atom. The fraction of sp³-hybridized carbons (Fsp3) is 0.467. The van der Waals surface area contributed by atoms with Gasteiger partial charge >= 0.3 is 0 Å². The molecule has 1 aliphatic rings. The summed E-state index contributed by atoms with van der Waals surface area (Å²) in [6, 6.07) is 5.64. The van der Waals surface area contributed by atoms with Crippen LogP contribution in [0.4, 0.5) is 11.4 Å². The van der Waals surface area contributed by atoms with Gasteiger partial charge in [-0.3, -0.25) is 19.7 Å². The smallest absolute Gasteiger partial charge is 0.269 e. The number of nitro groups is 1. The standard InChI is InChI=1S/C15H20N4O4/c16-15(21)13-3-2-10-18(13)14(20)4-1-9-17-11-5-7-12(8-6-11)19(22)23/h5-8,13,17H,1-4,9-10H2,(H2,16,21)/t13-/m1/s1. The molecular weight excluding hydrogens is 300 g/mol. The average molecular weight is 320 g/mol. The Morgan fingerprint density at radius 2 is 2.04 bits per heavy atom. The number of benzene rings is 1. The van der Waals surface area contributed by atoms with Crippen molar-refractivity contribution >= 4 is 23.2 Å². The number of carbonyl (C=O) groups excluding carboxylic acids is 2. The number of primary amides is 1. The van der Waals surface area contributed by atoms with E-state index < -0.39 is 16.9 Å². The molecule has 1 aromatic rings. The van der Waals surface area contributed by atoms with E-state index in [0.29, 0.717) is 32.4 Å². The third-order valence-electron chi connectivity index (χ3n) is 3.88. The fourth-order valence-corrected chi connectivity index (χ4v) is 2.68. The predicted octanol–water partition coefficient (Wildman–Crippen LogP) is 1.26. The van der Waals surface area contributed by atoms with Gasteiger partial charge in [-0.25, -0.2) is 0 Å². The Hall–Kier alpha value is -2.64. The summed E-state index contributed by atoms with van der Waals surface area (Å²) in [6.45, 7) is 1.15. The van der Waals surface area contributed by atoms with E-state index in [1.54, 1.807) is 17.0 Å². The molecule has 0 radical (unpaired) electrons. The van der Waals surface area contributed by atoms with Crippen molar-refractivity contribution in [2.24, 2.45) is 5.73 Å². The van der Waals surface area contributed by atoms with Gasteiger partial charge in [0.15, 0.2) is 0 Å². The van der Waals surface area contributed by atoms with E-state index >= 15 is 0 Å². The van der Waals surface area contributed by atoms with Crippen LogP contribution in [0.15, 0.2) is 24.3 Å². The molecule has 1 fully saturated rings. The summed E-state index contributed by atoms with van der Waals surface area (Å²) in [7, 11) is 0. The molecule has 0 unspecified atom stereocenters. The van der Waals surface area contributed by atoms with Crippen LogP contribution < -0.4 is 11.1 Å². The van der Waals surface area contributed by atoms with Crippen molar-refractivity contribution in [3.05, 3.63) is 34.4 Å². The summed E-state index contributed by atoms with van der Waals surface area (Å²) in [5.41, 5.74) is 6.10. The lowest BCUT2D eigenvalue weighted by Crippen LogP contribution is -2.43. The molecule has 1 aromatic carbocycles. The number of nitrogens with one attached hydrogen (secondary N) is 1. The minimum Gasteiger partial charge on any atom is -0.385 e. The molecule has 1 aliphatic heterocycles. The van der Waals surface area contributed by atoms with Crippen LogP contribution in [0.2, 0.25) is 0 Å². The van der Waals surface area contributed by atoms with Gasteiger partial charge in [0.2, 0.25) is 11.8 Å². The van der Waals surface area contributed by atoms with E-state index in [4.69, 9.17) is 5.73 Å². The number of hydrogen-bond donors (Lipinski definition) is 2. The quantitative estimate of drug-likeness (QED) is 0.445. The molecule has 0 aromatic heterocycles. The van der Waals surface area contributed by atoms with Gasteiger partial charge in [-0.1, -0.05) is 0 Å². The number of nitro benzene ring substituents is 1. The zero-order chi connectivity index (χ0) is 16.8. The van der Waals surface area contributed by atoms with E-state index in [-0.39, 0.29) is 11.6 Å². The first-order chi connectivity index (χ1) is 11.0. The Bertz CT molecular complexity index is 588. The maximum Gasteiger partial charge on any atom is 0.269 e. The van der Waals surface area contributed by atoms with Crippen LogP contribution in [0.25, 0.3) is 0 Å². The number of amides is 2. The molecule has 0 spiro atoms. The van der Waals surface area contributed by atoms with Crippen LogP contribution >= 0.6 is 0 Å². The second kappa shape index (κ2) is 7.57. The Balaban J connectivity index is 1.73. The average Bonchev–Trinajstić information content (AvgIpc) is 3.01. The van der Waals surface area contributed by atoms with Gasteiger partial charge in [0.05, 0.1) is 4.92 Å². The lowest BCUT2D eigenvalue weighted by atomic mass is 10.2. The lowest BCUT2D eigenvalue weighted by Gasteiger charge is -2.22. The largest absolute Gasteiger partial charge is 0.385 e. The van der Waals surface area contributed by atoms with Gasteiger partial charge in [0, 0.05) is 37.3 Å². The van der Waals surface area contributed by atoms with Crippen LogP contribution in [0, 0.1) is 10.1 Å². The van der Waals surface area contributed by atoms with Gasteiger partial charge in [0.25, 0.3) is 5.69 Å². The molecule has 2 amide bonds. The van der Waals surface area contributed by atoms with Crippen LogP contribution in [-0.2, 0) is 9.59 Å². The number of non-ortho nitro benzene ring substituents is 1. The summed E-state index contributed by atoms with van der Waals surface area (Å²) in [4.78, 5) is 35.1. The summed E-state index contributed by atoms with van der Waals surface area (Å²) in [6.07, 6.45) is 2.39. The van der Waals surface area contributed by atoms with Gasteiger partial charge in [-0.05, 0) is 31.4 Å². The minimum absolute atomic E-state index is 0.0391. The number of nitrogens with two attached hydrogens (primary N) is 1. The van der Waals surface area contributed by atoms with Crippen LogP contribution in [-0.4, -0.2) is 40.8 Å². The van der Waals surface area contributed by atoms with Crippen molar-refractivity contribution in [3.63, 3.8) is 0 Å². The van der Waals surface area contributed by atoms with Crippen molar-refractivity contribution in [2.45, 2.75) is 31.7 Å². The van der Waals surface area contributed by atoms with Crippen molar-refractivity contribution in [1.82, 2.24) is 4.90 Å². The molecule has 0 saturated carbocycles. The number of anilines is 1. The topological polar surface area (TPSA) is 119 Å². The molecule has 2 rings (SSSR count). The molecule has 8 heteroatoms. The first kappa shape index (κ1) is 16.7. The van der Waals surface area contributed by atoms with Crippen LogP contribution in [0.3, 0.4) is 0 Å². The minimum atomic E-state index is -0.467. The molecule has 0 aliphatic carbocycles. The number of rotatable bonds is 7. The zero-order valence-electron chi connectivity index (χ0n) is 12.7. The molecule has 1 saturated heterocycles. The molecular formula is C15H20N4O4. The van der Waals surface area contributed by atoms with Crippen LogP contribution in [0.1, 0.15) is 25.7 Å². The molecule has 1 atom stereocenters. The van der Waals surface area contributed by atoms with E-state index in [0.717, 1.165) is 12.1 Å². The second-order valence-electron chi connectivity index (χ2n) is 5.48. The monoisotopic (exact) mass is 320 g/mol. The molecule has 0 bridgehead atoms. The maximum absolute atomic E-state index is 12.1. The normalized spacial score (nSPS) is 17.0. The number of likely N-dealkylation sites (tertiary alicyclic amines) is 1. The predicted molar refractivity (Wildman–Crippen MR) is 84.7 cm³/mol. The lowest BCUT2D eigenvalue weighted by molar-refractivity contribution is -0.384. The highest BCUT2D eigenvalue weighted by Crippen LogP contribution is 2.19. The molecule has 3 N–H and O–H groups in total. The van der Waals surface area contributed by atoms with Crippen molar-refractivity contribution in [3.8, 4) is 0 Å². The Morgan fingerprint density at radius 1 is 1.35 bits per heavy atom. The van der Waals surface area contributed by atoms with E-state index in [9.17, 15) is 19.7 Å². The highest BCUT2D eigenvalue weighted by molar-refractivity contribution is 5.87. The highest BCUT2D eigenvalue weighted by atomic mass is 16.6. The molecule has 1 heterocycles. The first-order valence-electron chi connectivity index (χ1n) is 7.56. The molecule has 124 valence electrons. The van der Waals surface area contributed by atoms with E-state index in [1.165, 1.54) is 12.1 Å². The van der Waals surface area contributed by atoms with Crippen molar-refractivity contribution in [2.75, 3.05) is 18.4 Å². The molecule has 23 heavy (non-hydrogen) atoms. The van der Waals surface area contributed by atoms with Crippen LogP contribution in [0.5, 0.6) is 0 Å². The van der Waals surface area contributed by atoms with Gasteiger partial charge < -0.3 is 16.0 Å². The Kier molecular flexibility index (Phi) is 5.51. The van der Waals surface area contributed by atoms with E-state index in [2.05, 4.69) is 5.32 Å². The second-order valence-corrected chi connectivity index (χ2v) is 5.48.